The number of H-pyrrole nitrogens is 1. The fourth-order valence-electron chi connectivity index (χ4n) is 2.45. The molecular weight excluding hydrogens is 260 g/mol. The van der Waals surface area contributed by atoms with Gasteiger partial charge in [0.05, 0.1) is 24.4 Å². The average molecular weight is 280 g/mol. The topological polar surface area (TPSA) is 101 Å². The molecule has 0 spiro atoms. The molecule has 7 nitrogen and oxygen atoms in total. The maximum atomic E-state index is 12.3. The normalized spacial score (nSPS) is 16.2. The summed E-state index contributed by atoms with van der Waals surface area (Å²) in [7, 11) is 1.39. The SMILES string of the molecule is CCc1[nH]nc(C(=O)N2CCC(C(=O)OC)CC2)c1N. The first kappa shape index (κ1) is 14.4. The van der Waals surface area contributed by atoms with Crippen molar-refractivity contribution in [3.8, 4) is 0 Å². The van der Waals surface area contributed by atoms with Gasteiger partial charge in [-0.2, -0.15) is 5.10 Å². The minimum atomic E-state index is -0.204. The molecule has 3 N–H and O–H groups in total. The molecule has 1 aromatic rings. The number of ether oxygens (including phenoxy) is 1. The van der Waals surface area contributed by atoms with E-state index in [9.17, 15) is 9.59 Å². The van der Waals surface area contributed by atoms with E-state index >= 15 is 0 Å². The number of aryl methyl sites for hydroxylation is 1. The number of esters is 1. The highest BCUT2D eigenvalue weighted by atomic mass is 16.5. The smallest absolute Gasteiger partial charge is 0.308 e. The summed E-state index contributed by atoms with van der Waals surface area (Å²) in [5.41, 5.74) is 7.38. The fourth-order valence-corrected chi connectivity index (χ4v) is 2.45. The Morgan fingerprint density at radius 3 is 2.60 bits per heavy atom. The number of nitrogen functional groups attached to an aromatic ring is 1. The lowest BCUT2D eigenvalue weighted by Crippen LogP contribution is -2.40. The average Bonchev–Trinajstić information content (AvgIpc) is 2.86. The first-order chi connectivity index (χ1) is 9.58. The molecule has 110 valence electrons. The molecule has 0 atom stereocenters. The van der Waals surface area contributed by atoms with Crippen LogP contribution in [0.25, 0.3) is 0 Å². The number of nitrogens with two attached hydrogens (primary N) is 1. The van der Waals surface area contributed by atoms with Crippen LogP contribution in [0.2, 0.25) is 0 Å². The largest absolute Gasteiger partial charge is 0.469 e. The van der Waals surface area contributed by atoms with Crippen LogP contribution < -0.4 is 5.73 Å². The summed E-state index contributed by atoms with van der Waals surface area (Å²) < 4.78 is 4.73. The van der Waals surface area contributed by atoms with E-state index in [0.29, 0.717) is 38.0 Å². The van der Waals surface area contributed by atoms with Gasteiger partial charge in [-0.1, -0.05) is 6.92 Å². The minimum absolute atomic E-state index is 0.119. The molecule has 1 fully saturated rings. The van der Waals surface area contributed by atoms with Crippen LogP contribution in [0, 0.1) is 5.92 Å². The van der Waals surface area contributed by atoms with E-state index in [1.807, 2.05) is 6.92 Å². The number of anilines is 1. The summed E-state index contributed by atoms with van der Waals surface area (Å²) in [6, 6.07) is 0. The molecule has 0 radical (unpaired) electrons. The second-order valence-electron chi connectivity index (χ2n) is 4.91. The van der Waals surface area contributed by atoms with Gasteiger partial charge in [-0.3, -0.25) is 14.7 Å². The number of methoxy groups -OCH3 is 1. The Hall–Kier alpha value is -2.05. The van der Waals surface area contributed by atoms with Gasteiger partial charge < -0.3 is 15.4 Å². The number of nitrogens with zero attached hydrogens (tertiary/aromatic N) is 2. The summed E-state index contributed by atoms with van der Waals surface area (Å²) in [6.07, 6.45) is 1.93. The molecule has 0 unspecified atom stereocenters. The summed E-state index contributed by atoms with van der Waals surface area (Å²) in [6.45, 7) is 2.98. The standard InChI is InChI=1S/C13H20N4O3/c1-3-9-10(14)11(16-15-9)12(18)17-6-4-8(5-7-17)13(19)20-2/h8H,3-7,14H2,1-2H3,(H,15,16). The lowest BCUT2D eigenvalue weighted by molar-refractivity contribution is -0.146. The van der Waals surface area contributed by atoms with E-state index < -0.39 is 0 Å². The molecule has 1 aromatic heterocycles. The van der Waals surface area contributed by atoms with Crippen molar-refractivity contribution in [2.45, 2.75) is 26.2 Å². The van der Waals surface area contributed by atoms with Crippen LogP contribution in [-0.2, 0) is 16.0 Å². The molecule has 0 bridgehead atoms. The first-order valence-corrected chi connectivity index (χ1v) is 6.78. The zero-order valence-electron chi connectivity index (χ0n) is 11.8. The fraction of sp³-hybridized carbons (Fsp3) is 0.615. The Morgan fingerprint density at radius 1 is 1.45 bits per heavy atom. The van der Waals surface area contributed by atoms with Crippen molar-refractivity contribution in [3.63, 3.8) is 0 Å². The van der Waals surface area contributed by atoms with Gasteiger partial charge in [0, 0.05) is 13.1 Å². The molecule has 1 saturated heterocycles. The van der Waals surface area contributed by atoms with Gasteiger partial charge in [0.25, 0.3) is 5.91 Å². The summed E-state index contributed by atoms with van der Waals surface area (Å²) >= 11 is 0. The number of carbonyl (C=O) groups is 2. The number of likely N-dealkylation sites (tertiary alicyclic amines) is 1. The zero-order chi connectivity index (χ0) is 14.7. The lowest BCUT2D eigenvalue weighted by atomic mass is 9.97. The van der Waals surface area contributed by atoms with Gasteiger partial charge in [0.1, 0.15) is 0 Å². The van der Waals surface area contributed by atoms with E-state index in [1.165, 1.54) is 7.11 Å². The van der Waals surface area contributed by atoms with Crippen LogP contribution in [0.1, 0.15) is 35.9 Å². The molecule has 2 heterocycles. The van der Waals surface area contributed by atoms with E-state index in [2.05, 4.69) is 10.2 Å². The van der Waals surface area contributed by atoms with Crippen molar-refractivity contribution in [2.75, 3.05) is 25.9 Å². The Bertz CT molecular complexity index is 504. The van der Waals surface area contributed by atoms with Crippen LogP contribution in [0.4, 0.5) is 5.69 Å². The minimum Gasteiger partial charge on any atom is -0.469 e. The van der Waals surface area contributed by atoms with Gasteiger partial charge in [-0.15, -0.1) is 0 Å². The second kappa shape index (κ2) is 5.94. The number of hydrogen-bond donors (Lipinski definition) is 2. The number of nitrogens with one attached hydrogen (secondary N) is 1. The highest BCUT2D eigenvalue weighted by Crippen LogP contribution is 2.22. The van der Waals surface area contributed by atoms with Crippen molar-refractivity contribution in [3.05, 3.63) is 11.4 Å². The molecule has 0 aromatic carbocycles. The number of aromatic amines is 1. The number of rotatable bonds is 3. The third kappa shape index (κ3) is 2.61. The maximum Gasteiger partial charge on any atom is 0.308 e. The molecule has 2 rings (SSSR count). The van der Waals surface area contributed by atoms with Crippen LogP contribution in [-0.4, -0.2) is 47.2 Å². The quantitative estimate of drug-likeness (QED) is 0.789. The van der Waals surface area contributed by atoms with Crippen LogP contribution in [0.5, 0.6) is 0 Å². The van der Waals surface area contributed by atoms with Crippen molar-refractivity contribution >= 4 is 17.6 Å². The molecule has 1 aliphatic rings. The van der Waals surface area contributed by atoms with Gasteiger partial charge in [0.2, 0.25) is 0 Å². The van der Waals surface area contributed by atoms with E-state index in [4.69, 9.17) is 10.5 Å². The Labute approximate surface area is 117 Å². The third-order valence-corrected chi connectivity index (χ3v) is 3.76. The van der Waals surface area contributed by atoms with Crippen molar-refractivity contribution < 1.29 is 14.3 Å². The lowest BCUT2D eigenvalue weighted by Gasteiger charge is -2.30. The summed E-state index contributed by atoms with van der Waals surface area (Å²) in [5, 5.41) is 6.78. The predicted molar refractivity (Wildman–Crippen MR) is 73.0 cm³/mol. The number of piperidine rings is 1. The molecule has 0 saturated carbocycles. The van der Waals surface area contributed by atoms with Crippen LogP contribution in [0.3, 0.4) is 0 Å². The van der Waals surface area contributed by atoms with Crippen LogP contribution >= 0.6 is 0 Å². The summed E-state index contributed by atoms with van der Waals surface area (Å²) in [5.74, 6) is -0.502. The molecule has 0 aliphatic carbocycles. The number of aromatic nitrogens is 2. The monoisotopic (exact) mass is 280 g/mol. The maximum absolute atomic E-state index is 12.3. The molecule has 1 aliphatic heterocycles. The number of amides is 1. The van der Waals surface area contributed by atoms with Crippen molar-refractivity contribution in [2.24, 2.45) is 5.92 Å². The Kier molecular flexibility index (Phi) is 4.26. The van der Waals surface area contributed by atoms with Crippen molar-refractivity contribution in [1.29, 1.82) is 0 Å². The van der Waals surface area contributed by atoms with Gasteiger partial charge in [0.15, 0.2) is 5.69 Å². The zero-order valence-corrected chi connectivity index (χ0v) is 11.8. The van der Waals surface area contributed by atoms with Gasteiger partial charge in [-0.05, 0) is 19.3 Å². The van der Waals surface area contributed by atoms with E-state index in [-0.39, 0.29) is 23.5 Å². The molecule has 7 heteroatoms. The van der Waals surface area contributed by atoms with Gasteiger partial charge in [-0.25, -0.2) is 0 Å². The highest BCUT2D eigenvalue weighted by molar-refractivity contribution is 5.97. The number of carbonyl (C=O) groups excluding carboxylic acids is 2. The van der Waals surface area contributed by atoms with Crippen LogP contribution in [0.15, 0.2) is 0 Å². The molecule has 20 heavy (non-hydrogen) atoms. The third-order valence-electron chi connectivity index (χ3n) is 3.76. The highest BCUT2D eigenvalue weighted by Gasteiger charge is 2.30. The second-order valence-corrected chi connectivity index (χ2v) is 4.91. The molecule has 1 amide bonds. The van der Waals surface area contributed by atoms with Gasteiger partial charge >= 0.3 is 5.97 Å². The number of hydrogen-bond acceptors (Lipinski definition) is 5. The predicted octanol–water partition coefficient (Wildman–Crippen LogP) is 0.580. The summed E-state index contributed by atoms with van der Waals surface area (Å²) in [4.78, 5) is 25.5. The molecular formula is C13H20N4O3. The van der Waals surface area contributed by atoms with E-state index in [1.54, 1.807) is 4.90 Å². The first-order valence-electron chi connectivity index (χ1n) is 6.78. The van der Waals surface area contributed by atoms with Crippen molar-refractivity contribution in [1.82, 2.24) is 15.1 Å². The Morgan fingerprint density at radius 2 is 2.10 bits per heavy atom. The van der Waals surface area contributed by atoms with E-state index in [0.717, 1.165) is 5.69 Å². The Balaban J connectivity index is 2.01.